The van der Waals surface area contributed by atoms with Crippen LogP contribution in [0, 0.1) is 6.92 Å². The molecule has 40 heavy (non-hydrogen) atoms. The van der Waals surface area contributed by atoms with E-state index >= 15 is 0 Å². The van der Waals surface area contributed by atoms with Crippen LogP contribution in [0.2, 0.25) is 5.02 Å². The first-order chi connectivity index (χ1) is 18.6. The maximum atomic E-state index is 12.4. The quantitative estimate of drug-likeness (QED) is 0.427. The molecule has 1 aliphatic rings. The highest BCUT2D eigenvalue weighted by Gasteiger charge is 2.19. The molecule has 4 rings (SSSR count). The number of anilines is 1. The van der Waals surface area contributed by atoms with E-state index in [2.05, 4.69) is 15.9 Å². The molecule has 2 aromatic carbocycles. The van der Waals surface area contributed by atoms with Gasteiger partial charge in [-0.3, -0.25) is 18.7 Å². The molecule has 8 nitrogen and oxygen atoms in total. The number of carboxylic acids is 1. The van der Waals surface area contributed by atoms with E-state index in [4.69, 9.17) is 11.6 Å². The van der Waals surface area contributed by atoms with Gasteiger partial charge < -0.3 is 14.9 Å². The van der Waals surface area contributed by atoms with E-state index in [1.54, 1.807) is 17.7 Å². The van der Waals surface area contributed by atoms with Gasteiger partial charge in [-0.1, -0.05) is 48.0 Å². The van der Waals surface area contributed by atoms with Crippen LogP contribution in [0.15, 0.2) is 64.2 Å². The Morgan fingerprint density at radius 1 is 1.00 bits per heavy atom. The lowest BCUT2D eigenvalue weighted by atomic mass is 9.92. The van der Waals surface area contributed by atoms with Crippen LogP contribution in [-0.4, -0.2) is 57.8 Å². The third-order valence-corrected chi connectivity index (χ3v) is 7.51. The summed E-state index contributed by atoms with van der Waals surface area (Å²) in [7, 11) is 3.20. The molecule has 0 bridgehead atoms. The minimum atomic E-state index is -0.855. The number of halogens is 2. The van der Waals surface area contributed by atoms with Crippen molar-refractivity contribution in [3.05, 3.63) is 103 Å². The SMILES string of the molecule is Cc1cc(Cl)ccc1/C(=C/CCN1CCCN(c2cc(=O)n(C)c(=O)n2C)CC1)c1cccc(CC(=O)O)c1.Cl. The van der Waals surface area contributed by atoms with E-state index < -0.39 is 5.97 Å². The second kappa shape index (κ2) is 13.8. The van der Waals surface area contributed by atoms with Gasteiger partial charge in [0.1, 0.15) is 5.82 Å². The van der Waals surface area contributed by atoms with Crippen molar-refractivity contribution in [2.45, 2.75) is 26.2 Å². The summed E-state index contributed by atoms with van der Waals surface area (Å²) in [5.41, 5.74) is 4.31. The number of hydrogen-bond acceptors (Lipinski definition) is 5. The van der Waals surface area contributed by atoms with Gasteiger partial charge >= 0.3 is 11.7 Å². The normalized spacial score (nSPS) is 14.5. The third-order valence-electron chi connectivity index (χ3n) is 7.28. The van der Waals surface area contributed by atoms with Crippen LogP contribution in [0.4, 0.5) is 5.82 Å². The van der Waals surface area contributed by atoms with Crippen molar-refractivity contribution >= 4 is 41.4 Å². The summed E-state index contributed by atoms with van der Waals surface area (Å²) in [4.78, 5) is 40.5. The fourth-order valence-electron chi connectivity index (χ4n) is 5.18. The minimum Gasteiger partial charge on any atom is -0.481 e. The highest BCUT2D eigenvalue weighted by molar-refractivity contribution is 6.30. The molecule has 10 heteroatoms. The van der Waals surface area contributed by atoms with Gasteiger partial charge in [-0.2, -0.15) is 0 Å². The Balaban J connectivity index is 0.00000441. The van der Waals surface area contributed by atoms with Crippen molar-refractivity contribution < 1.29 is 9.90 Å². The first-order valence-corrected chi connectivity index (χ1v) is 13.5. The number of aliphatic carboxylic acids is 1. The molecular formula is C30H36Cl2N4O4. The summed E-state index contributed by atoms with van der Waals surface area (Å²) >= 11 is 6.23. The lowest BCUT2D eigenvalue weighted by Crippen LogP contribution is -2.41. The van der Waals surface area contributed by atoms with Gasteiger partial charge in [0, 0.05) is 51.4 Å². The first kappa shape index (κ1) is 31.2. The van der Waals surface area contributed by atoms with Gasteiger partial charge in [0.25, 0.3) is 5.56 Å². The number of carbonyl (C=O) groups is 1. The molecule has 214 valence electrons. The second-order valence-electron chi connectivity index (χ2n) is 10.1. The molecule has 3 aromatic rings. The van der Waals surface area contributed by atoms with E-state index in [1.165, 1.54) is 7.05 Å². The fraction of sp³-hybridized carbons (Fsp3) is 0.367. The lowest BCUT2D eigenvalue weighted by Gasteiger charge is -2.25. The molecule has 0 spiro atoms. The smallest absolute Gasteiger partial charge is 0.332 e. The van der Waals surface area contributed by atoms with Crippen LogP contribution in [0.5, 0.6) is 0 Å². The Hall–Kier alpha value is -3.33. The Bertz CT molecular complexity index is 1510. The van der Waals surface area contributed by atoms with Crippen LogP contribution < -0.4 is 16.1 Å². The molecular weight excluding hydrogens is 551 g/mol. The number of aromatic nitrogens is 2. The average molecular weight is 588 g/mol. The Kier molecular flexibility index (Phi) is 10.8. The number of rotatable bonds is 8. The van der Waals surface area contributed by atoms with Crippen molar-refractivity contribution in [1.82, 2.24) is 14.0 Å². The Morgan fingerprint density at radius 2 is 1.77 bits per heavy atom. The molecule has 0 radical (unpaired) electrons. The number of hydrogen-bond donors (Lipinski definition) is 1. The third kappa shape index (κ3) is 7.44. The molecule has 0 amide bonds. The van der Waals surface area contributed by atoms with Crippen LogP contribution in [0.1, 0.15) is 35.1 Å². The van der Waals surface area contributed by atoms with Gasteiger partial charge in [-0.25, -0.2) is 4.79 Å². The zero-order valence-electron chi connectivity index (χ0n) is 23.1. The highest BCUT2D eigenvalue weighted by Crippen LogP contribution is 2.29. The molecule has 0 atom stereocenters. The number of aryl methyl sites for hydroxylation is 1. The zero-order valence-corrected chi connectivity index (χ0v) is 24.7. The van der Waals surface area contributed by atoms with Crippen molar-refractivity contribution in [1.29, 1.82) is 0 Å². The molecule has 1 aromatic heterocycles. The fourth-order valence-corrected chi connectivity index (χ4v) is 5.40. The first-order valence-electron chi connectivity index (χ1n) is 13.2. The van der Waals surface area contributed by atoms with Crippen molar-refractivity contribution in [2.75, 3.05) is 37.6 Å². The topological polar surface area (TPSA) is 87.8 Å². The summed E-state index contributed by atoms with van der Waals surface area (Å²) in [5.74, 6) is -0.196. The van der Waals surface area contributed by atoms with E-state index in [9.17, 15) is 19.5 Å². The van der Waals surface area contributed by atoms with Gasteiger partial charge in [0.2, 0.25) is 0 Å². The maximum absolute atomic E-state index is 12.4. The standard InChI is InChI=1S/C30H35ClN4O4.ClH/c1-21-17-24(31)10-11-25(21)26(23-8-4-7-22(18-23)19-29(37)38)9-5-12-34-13-6-14-35(16-15-34)27-20-28(36)33(3)30(39)32(27)2;/h4,7-11,17-18,20H,5-6,12-16,19H2,1-3H3,(H,37,38);1H/b26-9+;. The largest absolute Gasteiger partial charge is 0.481 e. The van der Waals surface area contributed by atoms with E-state index in [1.807, 2.05) is 49.4 Å². The highest BCUT2D eigenvalue weighted by atomic mass is 35.5. The van der Waals surface area contributed by atoms with Crippen LogP contribution >= 0.6 is 24.0 Å². The zero-order chi connectivity index (χ0) is 28.1. The molecule has 0 saturated carbocycles. The lowest BCUT2D eigenvalue weighted by molar-refractivity contribution is -0.136. The molecule has 0 aliphatic carbocycles. The van der Waals surface area contributed by atoms with Crippen LogP contribution in [0.25, 0.3) is 5.57 Å². The Labute approximate surface area is 245 Å². The predicted molar refractivity (Wildman–Crippen MR) is 163 cm³/mol. The molecule has 1 N–H and O–H groups in total. The number of nitrogens with zero attached hydrogens (tertiary/aromatic N) is 4. The van der Waals surface area contributed by atoms with Gasteiger partial charge in [0.15, 0.2) is 0 Å². The van der Waals surface area contributed by atoms with Crippen molar-refractivity contribution in [2.24, 2.45) is 14.1 Å². The summed E-state index contributed by atoms with van der Waals surface area (Å²) in [6, 6.07) is 15.1. The number of benzene rings is 2. The van der Waals surface area contributed by atoms with Crippen LogP contribution in [-0.2, 0) is 25.3 Å². The molecule has 2 heterocycles. The minimum absolute atomic E-state index is 0. The summed E-state index contributed by atoms with van der Waals surface area (Å²) in [6.07, 6.45) is 3.94. The van der Waals surface area contributed by atoms with Crippen LogP contribution in [0.3, 0.4) is 0 Å². The van der Waals surface area contributed by atoms with Crippen molar-refractivity contribution in [3.8, 4) is 0 Å². The van der Waals surface area contributed by atoms with Gasteiger partial charge in [0.05, 0.1) is 6.42 Å². The van der Waals surface area contributed by atoms with Gasteiger partial charge in [-0.15, -0.1) is 12.4 Å². The van der Waals surface area contributed by atoms with Crippen molar-refractivity contribution in [3.63, 3.8) is 0 Å². The summed E-state index contributed by atoms with van der Waals surface area (Å²) in [5, 5.41) is 9.95. The molecule has 1 saturated heterocycles. The maximum Gasteiger partial charge on any atom is 0.332 e. The molecule has 1 fully saturated rings. The van der Waals surface area contributed by atoms with E-state index in [0.717, 1.165) is 78.0 Å². The predicted octanol–water partition coefficient (Wildman–Crippen LogP) is 4.13. The molecule has 1 aliphatic heterocycles. The van der Waals surface area contributed by atoms with E-state index in [0.29, 0.717) is 10.8 Å². The average Bonchev–Trinajstić information content (AvgIpc) is 3.13. The monoisotopic (exact) mass is 586 g/mol. The second-order valence-corrected chi connectivity index (χ2v) is 10.5. The molecule has 0 unspecified atom stereocenters. The summed E-state index contributed by atoms with van der Waals surface area (Å²) in [6.45, 7) is 6.13. The van der Waals surface area contributed by atoms with E-state index in [-0.39, 0.29) is 30.1 Å². The van der Waals surface area contributed by atoms with Gasteiger partial charge in [-0.05, 0) is 66.3 Å². The Morgan fingerprint density at radius 3 is 2.50 bits per heavy atom. The number of carboxylic acid groups (broad SMARTS) is 1. The summed E-state index contributed by atoms with van der Waals surface area (Å²) < 4.78 is 2.66.